The molecule has 2 rings (SSSR count). The summed E-state index contributed by atoms with van der Waals surface area (Å²) in [6.45, 7) is 0. The van der Waals surface area contributed by atoms with Crippen LogP contribution in [-0.4, -0.2) is 6.21 Å². The Morgan fingerprint density at radius 3 is 2.54 bits per heavy atom. The number of para-hydroxylation sites is 1. The molecule has 2 heteroatoms. The van der Waals surface area contributed by atoms with E-state index in [0.29, 0.717) is 0 Å². The van der Waals surface area contributed by atoms with Crippen LogP contribution >= 0.6 is 8.19 Å². The van der Waals surface area contributed by atoms with Crippen LogP contribution in [0.3, 0.4) is 0 Å². The van der Waals surface area contributed by atoms with Crippen molar-refractivity contribution < 1.29 is 0 Å². The Morgan fingerprint density at radius 2 is 1.85 bits per heavy atom. The molecule has 0 amide bonds. The van der Waals surface area contributed by atoms with Crippen molar-refractivity contribution in [3.05, 3.63) is 53.6 Å². The SMILES string of the molecule is C(=Nc1ccccc1)c1ccc[pH]1. The molecule has 1 nitrogen and oxygen atoms in total. The summed E-state index contributed by atoms with van der Waals surface area (Å²) in [6, 6.07) is 14.2. The van der Waals surface area contributed by atoms with Crippen LogP contribution < -0.4 is 0 Å². The zero-order valence-corrected chi connectivity index (χ0v) is 8.14. The lowest BCUT2D eigenvalue weighted by Gasteiger charge is -1.89. The topological polar surface area (TPSA) is 12.4 Å². The maximum Gasteiger partial charge on any atom is 0.0630 e. The van der Waals surface area contributed by atoms with Gasteiger partial charge in [0.05, 0.1) is 5.69 Å². The third-order valence-electron chi connectivity index (χ3n) is 1.73. The van der Waals surface area contributed by atoms with Gasteiger partial charge < -0.3 is 0 Å². The predicted molar refractivity (Wildman–Crippen MR) is 59.6 cm³/mol. The van der Waals surface area contributed by atoms with Gasteiger partial charge in [-0.3, -0.25) is 4.99 Å². The van der Waals surface area contributed by atoms with Crippen molar-refractivity contribution in [3.8, 4) is 0 Å². The first-order chi connectivity index (χ1) is 6.45. The summed E-state index contributed by atoms with van der Waals surface area (Å²) in [6.07, 6.45) is 1.94. The van der Waals surface area contributed by atoms with Crippen molar-refractivity contribution in [1.29, 1.82) is 0 Å². The highest BCUT2D eigenvalue weighted by molar-refractivity contribution is 7.31. The van der Waals surface area contributed by atoms with Gasteiger partial charge in [0.25, 0.3) is 0 Å². The quantitative estimate of drug-likeness (QED) is 0.638. The molecule has 2 aromatic rings. The van der Waals surface area contributed by atoms with Crippen molar-refractivity contribution in [2.45, 2.75) is 0 Å². The van der Waals surface area contributed by atoms with E-state index in [0.717, 1.165) is 13.9 Å². The maximum atomic E-state index is 4.36. The summed E-state index contributed by atoms with van der Waals surface area (Å²) in [5, 5.41) is 1.30. The molecule has 1 aromatic carbocycles. The molecule has 1 unspecified atom stereocenters. The summed E-state index contributed by atoms with van der Waals surface area (Å²) < 4.78 is 0. The van der Waals surface area contributed by atoms with E-state index in [1.165, 1.54) is 5.30 Å². The van der Waals surface area contributed by atoms with E-state index in [2.05, 4.69) is 22.9 Å². The predicted octanol–water partition coefficient (Wildman–Crippen LogP) is 3.47. The van der Waals surface area contributed by atoms with E-state index in [-0.39, 0.29) is 0 Å². The highest BCUT2D eigenvalue weighted by Crippen LogP contribution is 2.14. The molecule has 1 atom stereocenters. The van der Waals surface area contributed by atoms with Crippen LogP contribution in [0, 0.1) is 0 Å². The Morgan fingerprint density at radius 1 is 1.00 bits per heavy atom. The van der Waals surface area contributed by atoms with E-state index in [1.54, 1.807) is 0 Å². The minimum atomic E-state index is 0.783. The minimum Gasteiger partial charge on any atom is -0.256 e. The van der Waals surface area contributed by atoms with Crippen LogP contribution in [-0.2, 0) is 0 Å². The molecule has 13 heavy (non-hydrogen) atoms. The lowest BCUT2D eigenvalue weighted by Crippen LogP contribution is -1.69. The van der Waals surface area contributed by atoms with Crippen LogP contribution in [0.25, 0.3) is 0 Å². The highest BCUT2D eigenvalue weighted by atomic mass is 31.0. The monoisotopic (exact) mass is 187 g/mol. The molecule has 0 fully saturated rings. The molecule has 0 spiro atoms. The molecular formula is C11H10NP. The first-order valence-electron chi connectivity index (χ1n) is 4.18. The first-order valence-corrected chi connectivity index (χ1v) is 5.25. The molecule has 0 aliphatic carbocycles. The zero-order chi connectivity index (χ0) is 8.93. The molecule has 0 saturated carbocycles. The smallest absolute Gasteiger partial charge is 0.0630 e. The van der Waals surface area contributed by atoms with Crippen molar-refractivity contribution in [3.63, 3.8) is 0 Å². The Labute approximate surface area is 79.2 Å². The van der Waals surface area contributed by atoms with Crippen molar-refractivity contribution >= 4 is 20.1 Å². The molecular weight excluding hydrogens is 177 g/mol. The fourth-order valence-corrected chi connectivity index (χ4v) is 1.80. The fourth-order valence-electron chi connectivity index (χ4n) is 1.08. The normalized spacial score (nSPS) is 11.4. The van der Waals surface area contributed by atoms with E-state index < -0.39 is 0 Å². The van der Waals surface area contributed by atoms with Crippen LogP contribution in [0.2, 0.25) is 0 Å². The number of aliphatic imine (C=N–C) groups is 1. The van der Waals surface area contributed by atoms with E-state index in [4.69, 9.17) is 0 Å². The van der Waals surface area contributed by atoms with Gasteiger partial charge in [-0.25, -0.2) is 0 Å². The Kier molecular flexibility index (Phi) is 2.59. The molecule has 0 saturated heterocycles. The lowest BCUT2D eigenvalue weighted by atomic mass is 10.3. The van der Waals surface area contributed by atoms with Crippen molar-refractivity contribution in [2.24, 2.45) is 4.99 Å². The number of hydrogen-bond acceptors (Lipinski definition) is 1. The van der Waals surface area contributed by atoms with Gasteiger partial charge in [0.2, 0.25) is 0 Å². The average Bonchev–Trinajstić information content (AvgIpc) is 2.69. The second-order valence-electron chi connectivity index (χ2n) is 2.72. The molecule has 0 aliphatic heterocycles. The molecule has 0 N–H and O–H groups in total. The van der Waals surface area contributed by atoms with Crippen LogP contribution in [0.1, 0.15) is 5.30 Å². The summed E-state index contributed by atoms with van der Waals surface area (Å²) in [4.78, 5) is 4.36. The zero-order valence-electron chi connectivity index (χ0n) is 7.14. The molecule has 0 aliphatic rings. The first kappa shape index (κ1) is 8.28. The largest absolute Gasteiger partial charge is 0.256 e. The Bertz CT molecular complexity index is 376. The van der Waals surface area contributed by atoms with Gasteiger partial charge in [-0.15, -0.1) is 8.19 Å². The molecule has 1 aromatic heterocycles. The van der Waals surface area contributed by atoms with Crippen LogP contribution in [0.5, 0.6) is 0 Å². The van der Waals surface area contributed by atoms with Gasteiger partial charge in [-0.1, -0.05) is 24.3 Å². The third kappa shape index (κ3) is 2.30. The van der Waals surface area contributed by atoms with Gasteiger partial charge in [0.15, 0.2) is 0 Å². The lowest BCUT2D eigenvalue weighted by molar-refractivity contribution is 1.54. The highest BCUT2D eigenvalue weighted by Gasteiger charge is 1.86. The molecule has 1 heterocycles. The average molecular weight is 187 g/mol. The summed E-state index contributed by atoms with van der Waals surface area (Å²) in [5.41, 5.74) is 1.01. The molecule has 0 radical (unpaired) electrons. The minimum absolute atomic E-state index is 0.783. The summed E-state index contributed by atoms with van der Waals surface area (Å²) in [7, 11) is 0.783. The summed E-state index contributed by atoms with van der Waals surface area (Å²) in [5.74, 6) is 2.16. The number of benzene rings is 1. The standard InChI is InChI=1S/C11H10NP/c1-2-5-10(6-3-1)12-9-11-7-4-8-13-11/h1-9,13H. The Balaban J connectivity index is 2.15. The number of rotatable bonds is 2. The number of nitrogens with zero attached hydrogens (tertiary/aromatic N) is 1. The van der Waals surface area contributed by atoms with E-state index in [9.17, 15) is 0 Å². The molecule has 0 bridgehead atoms. The van der Waals surface area contributed by atoms with Gasteiger partial charge in [-0.05, 0) is 24.0 Å². The van der Waals surface area contributed by atoms with Gasteiger partial charge in [0.1, 0.15) is 0 Å². The van der Waals surface area contributed by atoms with E-state index in [1.807, 2.05) is 36.5 Å². The van der Waals surface area contributed by atoms with E-state index >= 15 is 0 Å². The second-order valence-corrected chi connectivity index (χ2v) is 3.92. The molecule has 64 valence electrons. The van der Waals surface area contributed by atoms with Gasteiger partial charge in [0, 0.05) is 11.5 Å². The van der Waals surface area contributed by atoms with Crippen molar-refractivity contribution in [2.75, 3.05) is 0 Å². The summed E-state index contributed by atoms with van der Waals surface area (Å²) >= 11 is 0. The second kappa shape index (κ2) is 4.06. The third-order valence-corrected chi connectivity index (χ3v) is 2.72. The van der Waals surface area contributed by atoms with Gasteiger partial charge in [-0.2, -0.15) is 0 Å². The Hall–Kier alpha value is -1.33. The fraction of sp³-hybridized carbons (Fsp3) is 0. The number of hydrogen-bond donors (Lipinski definition) is 0. The van der Waals surface area contributed by atoms with Crippen molar-refractivity contribution in [1.82, 2.24) is 0 Å². The van der Waals surface area contributed by atoms with Crippen LogP contribution in [0.4, 0.5) is 5.69 Å². The van der Waals surface area contributed by atoms with Gasteiger partial charge >= 0.3 is 0 Å². The maximum absolute atomic E-state index is 4.36. The van der Waals surface area contributed by atoms with Crippen LogP contribution in [0.15, 0.2) is 53.3 Å².